The molecule has 29 heavy (non-hydrogen) atoms. The number of thioether (sulfide) groups is 1. The van der Waals surface area contributed by atoms with Crippen molar-refractivity contribution in [2.45, 2.75) is 19.8 Å². The van der Waals surface area contributed by atoms with Crippen LogP contribution in [0.4, 0.5) is 5.69 Å². The summed E-state index contributed by atoms with van der Waals surface area (Å²) < 4.78 is 0.506. The first-order chi connectivity index (χ1) is 13.8. The monoisotopic (exact) mass is 464 g/mol. The first-order valence-corrected chi connectivity index (χ1v) is 10.9. The molecule has 0 aliphatic carbocycles. The minimum Gasteiger partial charge on any atom is -0.325 e. The van der Waals surface area contributed by atoms with Gasteiger partial charge in [0, 0.05) is 13.0 Å². The number of halogens is 2. The number of hydrogen-bond donors (Lipinski definition) is 1. The van der Waals surface area contributed by atoms with E-state index in [9.17, 15) is 9.59 Å². The SMILES string of the molecule is Cc1ccc(C=C2SC(=S)N(CCCC(=O)Nc3cccc(Cl)c3Cl)C2=O)cc1. The van der Waals surface area contributed by atoms with Crippen molar-refractivity contribution < 1.29 is 9.59 Å². The second kappa shape index (κ2) is 9.76. The van der Waals surface area contributed by atoms with Crippen molar-refractivity contribution in [2.75, 3.05) is 11.9 Å². The average molecular weight is 465 g/mol. The molecule has 0 unspecified atom stereocenters. The predicted octanol–water partition coefficient (Wildman–Crippen LogP) is 5.92. The third-order valence-corrected chi connectivity index (χ3v) is 6.46. The third-order valence-electron chi connectivity index (χ3n) is 4.26. The average Bonchev–Trinajstić information content (AvgIpc) is 2.94. The number of benzene rings is 2. The quantitative estimate of drug-likeness (QED) is 0.425. The summed E-state index contributed by atoms with van der Waals surface area (Å²) in [5.41, 5.74) is 2.58. The number of anilines is 1. The van der Waals surface area contributed by atoms with Crippen LogP contribution in [-0.4, -0.2) is 27.6 Å². The van der Waals surface area contributed by atoms with Crippen LogP contribution < -0.4 is 5.32 Å². The maximum absolute atomic E-state index is 12.7. The summed E-state index contributed by atoms with van der Waals surface area (Å²) in [7, 11) is 0. The molecular formula is C21H18Cl2N2O2S2. The van der Waals surface area contributed by atoms with E-state index in [1.54, 1.807) is 23.1 Å². The number of rotatable bonds is 6. The number of carbonyl (C=O) groups is 2. The van der Waals surface area contributed by atoms with Crippen molar-refractivity contribution in [1.29, 1.82) is 0 Å². The zero-order chi connectivity index (χ0) is 21.0. The number of carbonyl (C=O) groups excluding carboxylic acids is 2. The molecule has 0 atom stereocenters. The number of thiocarbonyl (C=S) groups is 1. The highest BCUT2D eigenvalue weighted by Crippen LogP contribution is 2.33. The van der Waals surface area contributed by atoms with Crippen LogP contribution in [0.3, 0.4) is 0 Å². The standard InChI is InChI=1S/C21H18Cl2N2O2S2/c1-13-7-9-14(10-8-13)12-17-20(27)25(21(28)29-17)11-3-6-18(26)24-16-5-2-4-15(22)19(16)23/h2,4-5,7-10,12H,3,6,11H2,1H3,(H,24,26). The fourth-order valence-corrected chi connectivity index (χ4v) is 4.37. The summed E-state index contributed by atoms with van der Waals surface area (Å²) in [5, 5.41) is 3.42. The van der Waals surface area contributed by atoms with Crippen LogP contribution >= 0.6 is 47.2 Å². The summed E-state index contributed by atoms with van der Waals surface area (Å²) >= 11 is 18.7. The van der Waals surface area contributed by atoms with Gasteiger partial charge in [-0.15, -0.1) is 0 Å². The summed E-state index contributed by atoms with van der Waals surface area (Å²) in [6.45, 7) is 2.40. The van der Waals surface area contributed by atoms with E-state index in [-0.39, 0.29) is 18.2 Å². The van der Waals surface area contributed by atoms with Gasteiger partial charge in [0.1, 0.15) is 4.32 Å². The lowest BCUT2D eigenvalue weighted by molar-refractivity contribution is -0.122. The lowest BCUT2D eigenvalue weighted by Gasteiger charge is -2.14. The molecule has 150 valence electrons. The minimum absolute atomic E-state index is 0.126. The highest BCUT2D eigenvalue weighted by molar-refractivity contribution is 8.26. The first-order valence-electron chi connectivity index (χ1n) is 8.91. The zero-order valence-electron chi connectivity index (χ0n) is 15.6. The topological polar surface area (TPSA) is 49.4 Å². The van der Waals surface area contributed by atoms with Gasteiger partial charge in [0.05, 0.1) is 20.6 Å². The highest BCUT2D eigenvalue weighted by atomic mass is 35.5. The molecule has 0 bridgehead atoms. The van der Waals surface area contributed by atoms with Crippen LogP contribution in [0, 0.1) is 6.92 Å². The van der Waals surface area contributed by atoms with E-state index >= 15 is 0 Å². The number of aryl methyl sites for hydroxylation is 1. The van der Waals surface area contributed by atoms with Gasteiger partial charge in [-0.2, -0.15) is 0 Å². The Morgan fingerprint density at radius 1 is 1.21 bits per heavy atom. The van der Waals surface area contributed by atoms with Gasteiger partial charge in [-0.05, 0) is 37.1 Å². The molecule has 1 fully saturated rings. The summed E-state index contributed by atoms with van der Waals surface area (Å²) in [6.07, 6.45) is 2.55. The Labute approximate surface area is 189 Å². The molecule has 3 rings (SSSR count). The third kappa shape index (κ3) is 5.60. The van der Waals surface area contributed by atoms with Gasteiger partial charge >= 0.3 is 0 Å². The van der Waals surface area contributed by atoms with Crippen molar-refractivity contribution >= 4 is 75.1 Å². The summed E-state index contributed by atoms with van der Waals surface area (Å²) in [6, 6.07) is 13.0. The second-order valence-electron chi connectivity index (χ2n) is 6.50. The van der Waals surface area contributed by atoms with E-state index in [0.29, 0.717) is 37.9 Å². The fourth-order valence-electron chi connectivity index (χ4n) is 2.72. The maximum Gasteiger partial charge on any atom is 0.266 e. The van der Waals surface area contributed by atoms with E-state index in [2.05, 4.69) is 5.32 Å². The Morgan fingerprint density at radius 3 is 2.66 bits per heavy atom. The molecule has 8 heteroatoms. The van der Waals surface area contributed by atoms with Crippen molar-refractivity contribution in [3.63, 3.8) is 0 Å². The Bertz CT molecular complexity index is 991. The molecule has 2 amide bonds. The molecule has 1 aliphatic rings. The van der Waals surface area contributed by atoms with Crippen LogP contribution in [0.25, 0.3) is 6.08 Å². The van der Waals surface area contributed by atoms with Gasteiger partial charge in [-0.1, -0.05) is 83.1 Å². The number of amides is 2. The number of nitrogens with one attached hydrogen (secondary N) is 1. The van der Waals surface area contributed by atoms with Gasteiger partial charge in [-0.3, -0.25) is 14.5 Å². The number of hydrogen-bond acceptors (Lipinski definition) is 4. The van der Waals surface area contributed by atoms with Crippen LogP contribution in [-0.2, 0) is 9.59 Å². The summed E-state index contributed by atoms with van der Waals surface area (Å²) in [5.74, 6) is -0.325. The molecule has 4 nitrogen and oxygen atoms in total. The lowest BCUT2D eigenvalue weighted by Crippen LogP contribution is -2.29. The molecule has 0 saturated carbocycles. The van der Waals surface area contributed by atoms with Crippen LogP contribution in [0.2, 0.25) is 10.0 Å². The van der Waals surface area contributed by atoms with E-state index in [4.69, 9.17) is 35.4 Å². The van der Waals surface area contributed by atoms with Gasteiger partial charge in [-0.25, -0.2) is 0 Å². The molecule has 1 heterocycles. The Kier molecular flexibility index (Phi) is 7.35. The summed E-state index contributed by atoms with van der Waals surface area (Å²) in [4.78, 5) is 27.0. The maximum atomic E-state index is 12.7. The molecule has 1 N–H and O–H groups in total. The predicted molar refractivity (Wildman–Crippen MR) is 125 cm³/mol. The smallest absolute Gasteiger partial charge is 0.266 e. The van der Waals surface area contributed by atoms with Gasteiger partial charge in [0.25, 0.3) is 5.91 Å². The van der Waals surface area contributed by atoms with Crippen LogP contribution in [0.1, 0.15) is 24.0 Å². The van der Waals surface area contributed by atoms with E-state index in [0.717, 1.165) is 11.1 Å². The van der Waals surface area contributed by atoms with Gasteiger partial charge < -0.3 is 5.32 Å². The number of nitrogens with zero attached hydrogens (tertiary/aromatic N) is 1. The Hall–Kier alpha value is -1.86. The molecule has 2 aromatic rings. The van der Waals surface area contributed by atoms with Gasteiger partial charge in [0.15, 0.2) is 0 Å². The Morgan fingerprint density at radius 2 is 1.93 bits per heavy atom. The minimum atomic E-state index is -0.199. The molecule has 2 aromatic carbocycles. The fraction of sp³-hybridized carbons (Fsp3) is 0.190. The van der Waals surface area contributed by atoms with Crippen molar-refractivity contribution in [3.8, 4) is 0 Å². The van der Waals surface area contributed by atoms with E-state index in [1.165, 1.54) is 11.8 Å². The van der Waals surface area contributed by atoms with E-state index < -0.39 is 0 Å². The Balaban J connectivity index is 1.54. The highest BCUT2D eigenvalue weighted by Gasteiger charge is 2.31. The lowest BCUT2D eigenvalue weighted by atomic mass is 10.1. The molecule has 1 saturated heterocycles. The molecular weight excluding hydrogens is 447 g/mol. The molecule has 1 aliphatic heterocycles. The van der Waals surface area contributed by atoms with Gasteiger partial charge in [0.2, 0.25) is 5.91 Å². The molecule has 0 aromatic heterocycles. The van der Waals surface area contributed by atoms with Crippen LogP contribution in [0.5, 0.6) is 0 Å². The first kappa shape index (κ1) is 21.8. The normalized spacial score (nSPS) is 15.3. The second-order valence-corrected chi connectivity index (χ2v) is 8.96. The van der Waals surface area contributed by atoms with Crippen molar-refractivity contribution in [1.82, 2.24) is 4.90 Å². The molecule has 0 radical (unpaired) electrons. The zero-order valence-corrected chi connectivity index (χ0v) is 18.7. The van der Waals surface area contributed by atoms with Crippen LogP contribution in [0.15, 0.2) is 47.4 Å². The van der Waals surface area contributed by atoms with E-state index in [1.807, 2.05) is 37.3 Å². The largest absolute Gasteiger partial charge is 0.325 e. The molecule has 0 spiro atoms. The van der Waals surface area contributed by atoms with Crippen molar-refractivity contribution in [3.05, 3.63) is 68.5 Å². The van der Waals surface area contributed by atoms with Crippen molar-refractivity contribution in [2.24, 2.45) is 0 Å².